The Balaban J connectivity index is 2.59. The Morgan fingerprint density at radius 2 is 1.95 bits per heavy atom. The molecule has 0 fully saturated rings. The molecule has 1 aliphatic carbocycles. The van der Waals surface area contributed by atoms with Crippen molar-refractivity contribution in [3.8, 4) is 0 Å². The van der Waals surface area contributed by atoms with E-state index in [1.165, 1.54) is 0 Å². The number of hydrogen-bond acceptors (Lipinski definition) is 3. The third-order valence-corrected chi connectivity index (χ3v) is 4.67. The maximum absolute atomic E-state index is 13.9. The molecule has 1 N–H and O–H groups in total. The summed E-state index contributed by atoms with van der Waals surface area (Å²) in [7, 11) is -3.75. The Kier molecular flexibility index (Phi) is 4.30. The molecule has 1 aromatic rings. The highest BCUT2D eigenvalue weighted by atomic mass is 32.2. The lowest BCUT2D eigenvalue weighted by Gasteiger charge is -2.16. The van der Waals surface area contributed by atoms with Crippen LogP contribution >= 0.6 is 0 Å². The molecule has 0 unspecified atom stereocenters. The molecule has 21 heavy (non-hydrogen) atoms. The van der Waals surface area contributed by atoms with Crippen molar-refractivity contribution in [2.75, 3.05) is 6.26 Å². The molecule has 0 bridgehead atoms. The minimum atomic E-state index is -3.75. The summed E-state index contributed by atoms with van der Waals surface area (Å²) in [6.45, 7) is 0. The van der Waals surface area contributed by atoms with E-state index in [1.807, 2.05) is 0 Å². The van der Waals surface area contributed by atoms with Gasteiger partial charge < -0.3 is 5.11 Å². The van der Waals surface area contributed by atoms with Gasteiger partial charge in [0, 0.05) is 24.7 Å². The lowest BCUT2D eigenvalue weighted by atomic mass is 9.98. The van der Waals surface area contributed by atoms with Crippen LogP contribution in [0.1, 0.15) is 35.4 Å². The molecule has 0 radical (unpaired) electrons. The van der Waals surface area contributed by atoms with Gasteiger partial charge in [0.15, 0.2) is 9.84 Å². The zero-order valence-corrected chi connectivity index (χ0v) is 11.9. The van der Waals surface area contributed by atoms with Crippen LogP contribution in [0.3, 0.4) is 0 Å². The molecule has 118 valence electrons. The summed E-state index contributed by atoms with van der Waals surface area (Å²) in [4.78, 5) is -0.293. The zero-order valence-electron chi connectivity index (χ0n) is 11.1. The second-order valence-electron chi connectivity index (χ2n) is 5.08. The number of halogens is 4. The van der Waals surface area contributed by atoms with Gasteiger partial charge in [-0.3, -0.25) is 0 Å². The second-order valence-corrected chi connectivity index (χ2v) is 7.06. The number of fused-ring (bicyclic) bond motifs is 1. The van der Waals surface area contributed by atoms with Crippen molar-refractivity contribution in [1.29, 1.82) is 0 Å². The molecule has 3 atom stereocenters. The molecular formula is C13H14F4O3S. The average molecular weight is 326 g/mol. The fraction of sp³-hybridized carbons (Fsp3) is 0.538. The Labute approximate surface area is 119 Å². The SMILES string of the molecule is CS(=O)(=O)c1ccc([C@H](F)CC(F)F)c2c1[C@H](O)[C@H](F)C2. The van der Waals surface area contributed by atoms with E-state index >= 15 is 0 Å². The van der Waals surface area contributed by atoms with Crippen molar-refractivity contribution < 1.29 is 31.1 Å². The van der Waals surface area contributed by atoms with Crippen LogP contribution in [0.5, 0.6) is 0 Å². The molecule has 8 heteroatoms. The van der Waals surface area contributed by atoms with E-state index in [-0.39, 0.29) is 21.6 Å². The fourth-order valence-corrected chi connectivity index (χ4v) is 3.56. The molecular weight excluding hydrogens is 312 g/mol. The van der Waals surface area contributed by atoms with Crippen molar-refractivity contribution in [1.82, 2.24) is 0 Å². The van der Waals surface area contributed by atoms with Gasteiger partial charge in [0.1, 0.15) is 18.4 Å². The van der Waals surface area contributed by atoms with Crippen LogP contribution in [0, 0.1) is 0 Å². The monoisotopic (exact) mass is 326 g/mol. The van der Waals surface area contributed by atoms with Crippen molar-refractivity contribution in [3.05, 3.63) is 28.8 Å². The second kappa shape index (κ2) is 5.57. The van der Waals surface area contributed by atoms with Gasteiger partial charge in [-0.2, -0.15) is 0 Å². The van der Waals surface area contributed by atoms with E-state index in [0.717, 1.165) is 18.4 Å². The molecule has 0 aromatic heterocycles. The largest absolute Gasteiger partial charge is 0.385 e. The van der Waals surface area contributed by atoms with E-state index in [9.17, 15) is 31.1 Å². The first-order valence-electron chi connectivity index (χ1n) is 6.23. The van der Waals surface area contributed by atoms with Gasteiger partial charge in [0.05, 0.1) is 4.90 Å². The summed E-state index contributed by atoms with van der Waals surface area (Å²) in [5.41, 5.74) is -0.414. The van der Waals surface area contributed by atoms with Gasteiger partial charge in [0.25, 0.3) is 0 Å². The molecule has 1 aromatic carbocycles. The van der Waals surface area contributed by atoms with Gasteiger partial charge in [0.2, 0.25) is 6.43 Å². The van der Waals surface area contributed by atoms with Crippen molar-refractivity contribution in [2.24, 2.45) is 0 Å². The summed E-state index contributed by atoms with van der Waals surface area (Å²) in [5.74, 6) is 0. The molecule has 0 saturated carbocycles. The van der Waals surface area contributed by atoms with Crippen molar-refractivity contribution in [2.45, 2.75) is 42.6 Å². The molecule has 0 saturated heterocycles. The Morgan fingerprint density at radius 1 is 1.33 bits per heavy atom. The van der Waals surface area contributed by atoms with Gasteiger partial charge >= 0.3 is 0 Å². The summed E-state index contributed by atoms with van der Waals surface area (Å²) in [5, 5.41) is 9.77. The number of rotatable bonds is 4. The van der Waals surface area contributed by atoms with Gasteiger partial charge in [-0.25, -0.2) is 26.0 Å². The van der Waals surface area contributed by atoms with Crippen LogP contribution in [0.2, 0.25) is 0 Å². The third-order valence-electron chi connectivity index (χ3n) is 3.51. The van der Waals surface area contributed by atoms with E-state index in [2.05, 4.69) is 0 Å². The van der Waals surface area contributed by atoms with Crippen LogP contribution in [-0.2, 0) is 16.3 Å². The van der Waals surface area contributed by atoms with Crippen LogP contribution in [-0.4, -0.2) is 32.4 Å². The lowest BCUT2D eigenvalue weighted by Crippen LogP contribution is -2.10. The summed E-state index contributed by atoms with van der Waals surface area (Å²) in [6, 6.07) is 2.11. The number of sulfone groups is 1. The molecule has 1 aliphatic rings. The van der Waals surface area contributed by atoms with Crippen molar-refractivity contribution >= 4 is 9.84 Å². The summed E-state index contributed by atoms with van der Waals surface area (Å²) in [6.07, 6.45) is -8.95. The first-order valence-corrected chi connectivity index (χ1v) is 8.12. The topological polar surface area (TPSA) is 54.4 Å². The van der Waals surface area contributed by atoms with Crippen LogP contribution < -0.4 is 0 Å². The number of hydrogen-bond donors (Lipinski definition) is 1. The Morgan fingerprint density at radius 3 is 2.48 bits per heavy atom. The number of aliphatic hydroxyl groups excluding tert-OH is 1. The maximum Gasteiger partial charge on any atom is 0.241 e. The Hall–Kier alpha value is -1.15. The van der Waals surface area contributed by atoms with E-state index < -0.39 is 47.6 Å². The Bertz CT molecular complexity index is 645. The van der Waals surface area contributed by atoms with E-state index in [0.29, 0.717) is 0 Å². The third kappa shape index (κ3) is 3.06. The van der Waals surface area contributed by atoms with E-state index in [4.69, 9.17) is 0 Å². The summed E-state index contributed by atoms with van der Waals surface area (Å²) < 4.78 is 75.4. The van der Waals surface area contributed by atoms with Crippen LogP contribution in [0.4, 0.5) is 17.6 Å². The first kappa shape index (κ1) is 16.2. The van der Waals surface area contributed by atoms with Gasteiger partial charge in [-0.05, 0) is 17.2 Å². The first-order chi connectivity index (χ1) is 9.62. The van der Waals surface area contributed by atoms with Crippen molar-refractivity contribution in [3.63, 3.8) is 0 Å². The lowest BCUT2D eigenvalue weighted by molar-refractivity contribution is 0.0906. The normalized spacial score (nSPS) is 23.4. The number of benzene rings is 1. The van der Waals surface area contributed by atoms with Crippen LogP contribution in [0.15, 0.2) is 17.0 Å². The maximum atomic E-state index is 13.9. The molecule has 3 nitrogen and oxygen atoms in total. The minimum Gasteiger partial charge on any atom is -0.385 e. The van der Waals surface area contributed by atoms with E-state index in [1.54, 1.807) is 0 Å². The molecule has 0 aliphatic heterocycles. The smallest absolute Gasteiger partial charge is 0.241 e. The highest BCUT2D eigenvalue weighted by Crippen LogP contribution is 2.42. The predicted octanol–water partition coefficient (Wildman–Crippen LogP) is 2.68. The minimum absolute atomic E-state index is 0.0222. The fourth-order valence-electron chi connectivity index (χ4n) is 2.60. The standard InChI is InChI=1S/C13H14F4O3S/c1-21(19,20)10-3-2-6(8(14)5-11(16)17)7-4-9(15)13(18)12(7)10/h2-3,8-9,11,13,18H,4-5H2,1H3/t8-,9-,13-/m1/s1. The van der Waals surface area contributed by atoms with Crippen LogP contribution in [0.25, 0.3) is 0 Å². The number of aliphatic hydroxyl groups is 1. The number of alkyl halides is 4. The average Bonchev–Trinajstić information content (AvgIpc) is 2.62. The molecule has 0 amide bonds. The predicted molar refractivity (Wildman–Crippen MR) is 67.6 cm³/mol. The zero-order chi connectivity index (χ0) is 15.9. The molecule has 2 rings (SSSR count). The highest BCUT2D eigenvalue weighted by Gasteiger charge is 2.38. The van der Waals surface area contributed by atoms with Gasteiger partial charge in [-0.15, -0.1) is 0 Å². The summed E-state index contributed by atoms with van der Waals surface area (Å²) >= 11 is 0. The molecule has 0 heterocycles. The molecule has 0 spiro atoms. The quantitative estimate of drug-likeness (QED) is 0.866. The van der Waals surface area contributed by atoms with Gasteiger partial charge in [-0.1, -0.05) is 6.07 Å². The highest BCUT2D eigenvalue weighted by molar-refractivity contribution is 7.90.